The van der Waals surface area contributed by atoms with Crippen LogP contribution in [0.5, 0.6) is 0 Å². The molecule has 0 radical (unpaired) electrons. The summed E-state index contributed by atoms with van der Waals surface area (Å²) in [5, 5.41) is 10.3. The lowest BCUT2D eigenvalue weighted by Gasteiger charge is -2.19. The van der Waals surface area contributed by atoms with E-state index in [9.17, 15) is 9.50 Å². The number of halogens is 2. The lowest BCUT2D eigenvalue weighted by molar-refractivity contribution is 0.149. The molecule has 1 N–H and O–H groups in total. The lowest BCUT2D eigenvalue weighted by Crippen LogP contribution is -2.18. The minimum atomic E-state index is -0.553. The number of hydrogen-bond acceptors (Lipinski definition) is 1. The molecule has 0 aliphatic rings. The normalized spacial score (nSPS) is 14.1. The number of aliphatic hydroxyl groups excluding tert-OH is 1. The second kappa shape index (κ2) is 6.18. The van der Waals surface area contributed by atoms with Gasteiger partial charge in [0.2, 0.25) is 0 Å². The van der Waals surface area contributed by atoms with Crippen molar-refractivity contribution in [3.63, 3.8) is 0 Å². The summed E-state index contributed by atoms with van der Waals surface area (Å²) in [6.07, 6.45) is -0.146. The standard InChI is InChI=1S/C16H16ClFO/c1-11(13-5-3-2-4-6-13)16(19)10-12-7-8-14(17)15(18)9-12/h2-9,11,16,19H,10H2,1H3. The predicted molar refractivity (Wildman–Crippen MR) is 76.0 cm³/mol. The third-order valence-corrected chi connectivity index (χ3v) is 3.64. The summed E-state index contributed by atoms with van der Waals surface area (Å²) in [6.45, 7) is 1.96. The zero-order chi connectivity index (χ0) is 13.8. The Labute approximate surface area is 117 Å². The van der Waals surface area contributed by atoms with Crippen LogP contribution in [0.3, 0.4) is 0 Å². The molecule has 1 nitrogen and oxygen atoms in total. The largest absolute Gasteiger partial charge is 0.392 e. The molecule has 3 heteroatoms. The smallest absolute Gasteiger partial charge is 0.142 e. The Morgan fingerprint density at radius 3 is 2.47 bits per heavy atom. The molecule has 0 aromatic heterocycles. The van der Waals surface area contributed by atoms with Crippen LogP contribution in [0.4, 0.5) is 4.39 Å². The van der Waals surface area contributed by atoms with Crippen molar-refractivity contribution in [2.75, 3.05) is 0 Å². The lowest BCUT2D eigenvalue weighted by atomic mass is 9.91. The topological polar surface area (TPSA) is 20.2 Å². The van der Waals surface area contributed by atoms with Crippen LogP contribution in [0.15, 0.2) is 48.5 Å². The molecule has 100 valence electrons. The number of aliphatic hydroxyl groups is 1. The van der Waals surface area contributed by atoms with Gasteiger partial charge in [-0.15, -0.1) is 0 Å². The monoisotopic (exact) mass is 278 g/mol. The van der Waals surface area contributed by atoms with Gasteiger partial charge in [0.1, 0.15) is 5.82 Å². The summed E-state index contributed by atoms with van der Waals surface area (Å²) in [5.74, 6) is -0.446. The van der Waals surface area contributed by atoms with Gasteiger partial charge in [-0.05, 0) is 29.7 Å². The van der Waals surface area contributed by atoms with Crippen LogP contribution >= 0.6 is 11.6 Å². The quantitative estimate of drug-likeness (QED) is 0.889. The van der Waals surface area contributed by atoms with Gasteiger partial charge >= 0.3 is 0 Å². The van der Waals surface area contributed by atoms with E-state index in [1.54, 1.807) is 6.07 Å². The highest BCUT2D eigenvalue weighted by molar-refractivity contribution is 6.30. The summed E-state index contributed by atoms with van der Waals surface area (Å²) < 4.78 is 13.3. The number of benzene rings is 2. The van der Waals surface area contributed by atoms with Crippen LogP contribution in [-0.4, -0.2) is 11.2 Å². The van der Waals surface area contributed by atoms with E-state index in [-0.39, 0.29) is 10.9 Å². The first-order valence-electron chi connectivity index (χ1n) is 6.25. The van der Waals surface area contributed by atoms with Crippen LogP contribution in [0.25, 0.3) is 0 Å². The zero-order valence-corrected chi connectivity index (χ0v) is 11.4. The molecule has 0 fully saturated rings. The molecule has 0 spiro atoms. The summed E-state index contributed by atoms with van der Waals surface area (Å²) in [6, 6.07) is 14.4. The van der Waals surface area contributed by atoms with Gasteiger partial charge in [0, 0.05) is 5.92 Å². The van der Waals surface area contributed by atoms with Crippen molar-refractivity contribution in [1.29, 1.82) is 0 Å². The molecule has 0 bridgehead atoms. The average molecular weight is 279 g/mol. The van der Waals surface area contributed by atoms with Crippen molar-refractivity contribution in [1.82, 2.24) is 0 Å². The highest BCUT2D eigenvalue weighted by Crippen LogP contribution is 2.23. The van der Waals surface area contributed by atoms with Crippen molar-refractivity contribution in [2.45, 2.75) is 25.4 Å². The molecule has 0 heterocycles. The Kier molecular flexibility index (Phi) is 4.56. The first-order chi connectivity index (χ1) is 9.08. The highest BCUT2D eigenvalue weighted by Gasteiger charge is 2.17. The third kappa shape index (κ3) is 3.55. The summed E-state index contributed by atoms with van der Waals surface area (Å²) in [5.41, 5.74) is 1.82. The SMILES string of the molecule is CC(c1ccccc1)C(O)Cc1ccc(Cl)c(F)c1. The molecule has 2 unspecified atom stereocenters. The first-order valence-corrected chi connectivity index (χ1v) is 6.62. The second-order valence-corrected chi connectivity index (χ2v) is 5.13. The van der Waals surface area contributed by atoms with Crippen LogP contribution in [0, 0.1) is 5.82 Å². The van der Waals surface area contributed by atoms with Crippen LogP contribution in [0.1, 0.15) is 24.0 Å². The highest BCUT2D eigenvalue weighted by atomic mass is 35.5. The first kappa shape index (κ1) is 14.0. The summed E-state index contributed by atoms with van der Waals surface area (Å²) in [4.78, 5) is 0. The Balaban J connectivity index is 2.08. The number of rotatable bonds is 4. The summed E-state index contributed by atoms with van der Waals surface area (Å²) >= 11 is 5.64. The van der Waals surface area contributed by atoms with Gasteiger partial charge in [0.15, 0.2) is 0 Å². The second-order valence-electron chi connectivity index (χ2n) is 4.72. The molecule has 2 rings (SSSR count). The Bertz CT molecular complexity index is 542. The average Bonchev–Trinajstić information content (AvgIpc) is 2.43. The van der Waals surface area contributed by atoms with E-state index in [0.29, 0.717) is 6.42 Å². The van der Waals surface area contributed by atoms with E-state index in [1.807, 2.05) is 37.3 Å². The predicted octanol–water partition coefficient (Wildman–Crippen LogP) is 4.19. The Morgan fingerprint density at radius 2 is 1.84 bits per heavy atom. The molecule has 2 aromatic carbocycles. The fraction of sp³-hybridized carbons (Fsp3) is 0.250. The van der Waals surface area contributed by atoms with Crippen LogP contribution in [0.2, 0.25) is 5.02 Å². The Hall–Kier alpha value is -1.38. The fourth-order valence-electron chi connectivity index (χ4n) is 2.06. The van der Waals surface area contributed by atoms with Gasteiger partial charge in [-0.3, -0.25) is 0 Å². The third-order valence-electron chi connectivity index (χ3n) is 3.33. The van der Waals surface area contributed by atoms with Crippen LogP contribution in [-0.2, 0) is 6.42 Å². The maximum absolute atomic E-state index is 13.3. The fourth-order valence-corrected chi connectivity index (χ4v) is 2.18. The van der Waals surface area contributed by atoms with Crippen LogP contribution < -0.4 is 0 Å². The van der Waals surface area contributed by atoms with E-state index in [2.05, 4.69) is 0 Å². The van der Waals surface area contributed by atoms with Crippen molar-refractivity contribution in [3.8, 4) is 0 Å². The van der Waals surface area contributed by atoms with E-state index in [1.165, 1.54) is 12.1 Å². The van der Waals surface area contributed by atoms with E-state index in [0.717, 1.165) is 11.1 Å². The Morgan fingerprint density at radius 1 is 1.16 bits per heavy atom. The van der Waals surface area contributed by atoms with Gasteiger partial charge in [-0.2, -0.15) is 0 Å². The molecule has 2 aromatic rings. The van der Waals surface area contributed by atoms with Crippen molar-refractivity contribution >= 4 is 11.6 Å². The molecule has 0 saturated heterocycles. The van der Waals surface area contributed by atoms with Gasteiger partial charge in [-0.25, -0.2) is 4.39 Å². The minimum absolute atomic E-state index is 0.0000562. The van der Waals surface area contributed by atoms with Crippen molar-refractivity contribution in [2.24, 2.45) is 0 Å². The van der Waals surface area contributed by atoms with Gasteiger partial charge < -0.3 is 5.11 Å². The van der Waals surface area contributed by atoms with Crippen molar-refractivity contribution in [3.05, 3.63) is 70.5 Å². The van der Waals surface area contributed by atoms with Gasteiger partial charge in [-0.1, -0.05) is 54.9 Å². The summed E-state index contributed by atoms with van der Waals surface area (Å²) in [7, 11) is 0. The van der Waals surface area contributed by atoms with E-state index >= 15 is 0 Å². The number of hydrogen-bond donors (Lipinski definition) is 1. The molecular weight excluding hydrogens is 263 g/mol. The molecule has 0 aliphatic carbocycles. The maximum atomic E-state index is 13.3. The molecule has 19 heavy (non-hydrogen) atoms. The van der Waals surface area contributed by atoms with Crippen molar-refractivity contribution < 1.29 is 9.50 Å². The zero-order valence-electron chi connectivity index (χ0n) is 10.7. The van der Waals surface area contributed by atoms with Gasteiger partial charge in [0.05, 0.1) is 11.1 Å². The maximum Gasteiger partial charge on any atom is 0.142 e. The van der Waals surface area contributed by atoms with Gasteiger partial charge in [0.25, 0.3) is 0 Å². The van der Waals surface area contributed by atoms with E-state index in [4.69, 9.17) is 11.6 Å². The molecular formula is C16H16ClFO. The van der Waals surface area contributed by atoms with E-state index < -0.39 is 11.9 Å². The molecule has 2 atom stereocenters. The minimum Gasteiger partial charge on any atom is -0.392 e. The molecule has 0 aliphatic heterocycles. The molecule has 0 amide bonds. The molecule has 0 saturated carbocycles.